The van der Waals surface area contributed by atoms with Crippen LogP contribution in [-0.4, -0.2) is 44.5 Å². The van der Waals surface area contributed by atoms with Gasteiger partial charge < -0.3 is 10.6 Å². The van der Waals surface area contributed by atoms with Crippen molar-refractivity contribution in [1.82, 2.24) is 14.6 Å². The van der Waals surface area contributed by atoms with E-state index in [1.807, 2.05) is 0 Å². The highest BCUT2D eigenvalue weighted by Gasteiger charge is 2.21. The van der Waals surface area contributed by atoms with E-state index < -0.39 is 10.0 Å². The first-order valence-corrected chi connectivity index (χ1v) is 8.74. The minimum Gasteiger partial charge on any atom is -0.375 e. The molecule has 19 heavy (non-hydrogen) atoms. The largest absolute Gasteiger partial charge is 0.375 e. The Morgan fingerprint density at radius 1 is 1.37 bits per heavy atom. The molecule has 1 aromatic rings. The number of nitrogens with one attached hydrogen (secondary N) is 1. The Labute approximate surface area is 118 Å². The predicted octanol–water partition coefficient (Wildman–Crippen LogP) is 0.798. The average molecular weight is 304 g/mol. The molecule has 8 heteroatoms. The van der Waals surface area contributed by atoms with Crippen molar-refractivity contribution in [2.24, 2.45) is 0 Å². The summed E-state index contributed by atoms with van der Waals surface area (Å²) < 4.78 is 27.0. The lowest BCUT2D eigenvalue weighted by Gasteiger charge is -2.26. The molecule has 0 bridgehead atoms. The van der Waals surface area contributed by atoms with Crippen LogP contribution >= 0.6 is 11.3 Å². The molecule has 0 amide bonds. The van der Waals surface area contributed by atoms with Crippen LogP contribution in [0.15, 0.2) is 4.21 Å². The highest BCUT2D eigenvalue weighted by molar-refractivity contribution is 7.91. The normalized spacial score (nSPS) is 17.7. The third kappa shape index (κ3) is 3.88. The lowest BCUT2D eigenvalue weighted by atomic mass is 10.1. The van der Waals surface area contributed by atoms with Gasteiger partial charge in [0.05, 0.1) is 5.69 Å². The van der Waals surface area contributed by atoms with Gasteiger partial charge in [0.1, 0.15) is 0 Å². The average Bonchev–Trinajstić information content (AvgIpc) is 2.70. The Morgan fingerprint density at radius 3 is 2.63 bits per heavy atom. The zero-order valence-corrected chi connectivity index (χ0v) is 12.7. The van der Waals surface area contributed by atoms with Crippen LogP contribution in [0.4, 0.5) is 5.13 Å². The summed E-state index contributed by atoms with van der Waals surface area (Å²) in [5.41, 5.74) is 5.99. The Balaban J connectivity index is 1.89. The Kier molecular flexibility index (Phi) is 4.77. The van der Waals surface area contributed by atoms with Crippen LogP contribution in [0.2, 0.25) is 0 Å². The maximum Gasteiger partial charge on any atom is 0.252 e. The molecule has 1 fully saturated rings. The molecule has 0 aromatic carbocycles. The molecular weight excluding hydrogens is 284 g/mol. The van der Waals surface area contributed by atoms with Gasteiger partial charge >= 0.3 is 0 Å². The summed E-state index contributed by atoms with van der Waals surface area (Å²) in [6.45, 7) is 4.97. The standard InChI is InChI=1S/C11H20N4O2S2/c1-9-10(18-11(12)14-9)19(16,17)13-5-8-15-6-3-2-4-7-15/h13H,2-8H2,1H3,(H2,12,14). The lowest BCUT2D eigenvalue weighted by molar-refractivity contribution is 0.233. The molecule has 0 atom stereocenters. The number of likely N-dealkylation sites (tertiary alicyclic amines) is 1. The number of aryl methyl sites for hydroxylation is 1. The van der Waals surface area contributed by atoms with Crippen molar-refractivity contribution in [3.05, 3.63) is 5.69 Å². The van der Waals surface area contributed by atoms with Crippen LogP contribution < -0.4 is 10.5 Å². The molecule has 0 unspecified atom stereocenters. The number of rotatable bonds is 5. The van der Waals surface area contributed by atoms with Crippen molar-refractivity contribution in [2.45, 2.75) is 30.4 Å². The summed E-state index contributed by atoms with van der Waals surface area (Å²) in [6.07, 6.45) is 3.69. The summed E-state index contributed by atoms with van der Waals surface area (Å²) in [6, 6.07) is 0. The Morgan fingerprint density at radius 2 is 2.05 bits per heavy atom. The molecule has 108 valence electrons. The zero-order chi connectivity index (χ0) is 13.9. The van der Waals surface area contributed by atoms with E-state index in [1.165, 1.54) is 19.3 Å². The summed E-state index contributed by atoms with van der Waals surface area (Å²) in [5, 5.41) is 0.286. The number of nitrogen functional groups attached to an aromatic ring is 1. The topological polar surface area (TPSA) is 88.3 Å². The van der Waals surface area contributed by atoms with Crippen LogP contribution in [0.3, 0.4) is 0 Å². The van der Waals surface area contributed by atoms with E-state index in [9.17, 15) is 8.42 Å². The van der Waals surface area contributed by atoms with Crippen LogP contribution in [0, 0.1) is 6.92 Å². The van der Waals surface area contributed by atoms with Gasteiger partial charge in [0.25, 0.3) is 10.0 Å². The van der Waals surface area contributed by atoms with Crippen molar-refractivity contribution in [3.8, 4) is 0 Å². The van der Waals surface area contributed by atoms with Crippen molar-refractivity contribution < 1.29 is 8.42 Å². The number of piperidine rings is 1. The molecule has 0 radical (unpaired) electrons. The van der Waals surface area contributed by atoms with Crippen LogP contribution in [0.25, 0.3) is 0 Å². The van der Waals surface area contributed by atoms with Gasteiger partial charge in [-0.2, -0.15) is 0 Å². The molecule has 1 saturated heterocycles. The summed E-state index contributed by atoms with van der Waals surface area (Å²) >= 11 is 1.01. The van der Waals surface area contributed by atoms with Gasteiger partial charge in [0, 0.05) is 13.1 Å². The fraction of sp³-hybridized carbons (Fsp3) is 0.727. The number of thiazole rings is 1. The minimum atomic E-state index is -3.47. The number of nitrogens with zero attached hydrogens (tertiary/aromatic N) is 2. The monoisotopic (exact) mass is 304 g/mol. The van der Waals surface area contributed by atoms with Gasteiger partial charge in [-0.05, 0) is 32.9 Å². The SMILES string of the molecule is Cc1nc(N)sc1S(=O)(=O)NCCN1CCCCC1. The Hall–Kier alpha value is -0.700. The summed E-state index contributed by atoms with van der Waals surface area (Å²) in [4.78, 5) is 6.23. The highest BCUT2D eigenvalue weighted by atomic mass is 32.2. The van der Waals surface area contributed by atoms with Gasteiger partial charge in [-0.1, -0.05) is 17.8 Å². The maximum atomic E-state index is 12.1. The molecule has 3 N–H and O–H groups in total. The van der Waals surface area contributed by atoms with E-state index in [2.05, 4.69) is 14.6 Å². The first kappa shape index (κ1) is 14.7. The maximum absolute atomic E-state index is 12.1. The minimum absolute atomic E-state index is 0.226. The van der Waals surface area contributed by atoms with E-state index in [-0.39, 0.29) is 9.34 Å². The van der Waals surface area contributed by atoms with Crippen LogP contribution in [-0.2, 0) is 10.0 Å². The Bertz CT molecular complexity index is 521. The van der Waals surface area contributed by atoms with E-state index in [4.69, 9.17) is 5.73 Å². The molecule has 2 heterocycles. The number of aromatic nitrogens is 1. The summed E-state index contributed by atoms with van der Waals surface area (Å²) in [5.74, 6) is 0. The van der Waals surface area contributed by atoms with Crippen LogP contribution in [0.1, 0.15) is 25.0 Å². The van der Waals surface area contributed by atoms with Crippen molar-refractivity contribution in [1.29, 1.82) is 0 Å². The third-order valence-electron chi connectivity index (χ3n) is 3.18. The van der Waals surface area contributed by atoms with Crippen molar-refractivity contribution >= 4 is 26.5 Å². The quantitative estimate of drug-likeness (QED) is 0.840. The van der Waals surface area contributed by atoms with Gasteiger partial charge in [-0.25, -0.2) is 18.1 Å². The van der Waals surface area contributed by atoms with E-state index in [0.29, 0.717) is 12.2 Å². The molecular formula is C11H20N4O2S2. The third-order valence-corrected chi connectivity index (χ3v) is 6.24. The molecule has 0 aliphatic carbocycles. The fourth-order valence-electron chi connectivity index (χ4n) is 2.24. The lowest BCUT2D eigenvalue weighted by Crippen LogP contribution is -2.37. The molecule has 1 aromatic heterocycles. The van der Waals surface area contributed by atoms with E-state index >= 15 is 0 Å². The molecule has 1 aliphatic rings. The molecule has 0 spiro atoms. The number of hydrogen-bond donors (Lipinski definition) is 2. The second-order valence-electron chi connectivity index (χ2n) is 4.73. The zero-order valence-electron chi connectivity index (χ0n) is 11.1. The number of nitrogens with two attached hydrogens (primary N) is 1. The number of sulfonamides is 1. The van der Waals surface area contributed by atoms with Gasteiger partial charge in [0.2, 0.25) is 0 Å². The van der Waals surface area contributed by atoms with Crippen molar-refractivity contribution in [3.63, 3.8) is 0 Å². The second-order valence-corrected chi connectivity index (χ2v) is 7.72. The molecule has 1 aliphatic heterocycles. The van der Waals surface area contributed by atoms with Gasteiger partial charge in [0.15, 0.2) is 9.34 Å². The number of anilines is 1. The van der Waals surface area contributed by atoms with Gasteiger partial charge in [-0.15, -0.1) is 0 Å². The first-order valence-electron chi connectivity index (χ1n) is 6.44. The molecule has 0 saturated carbocycles. The van der Waals surface area contributed by atoms with E-state index in [0.717, 1.165) is 31.0 Å². The second kappa shape index (κ2) is 6.17. The molecule has 2 rings (SSSR count). The first-order chi connectivity index (χ1) is 8.99. The van der Waals surface area contributed by atoms with Crippen LogP contribution in [0.5, 0.6) is 0 Å². The molecule has 6 nitrogen and oxygen atoms in total. The van der Waals surface area contributed by atoms with Crippen molar-refractivity contribution in [2.75, 3.05) is 31.9 Å². The predicted molar refractivity (Wildman–Crippen MR) is 76.7 cm³/mol. The highest BCUT2D eigenvalue weighted by Crippen LogP contribution is 2.24. The summed E-state index contributed by atoms with van der Waals surface area (Å²) in [7, 11) is -3.47. The smallest absolute Gasteiger partial charge is 0.252 e. The number of hydrogen-bond acceptors (Lipinski definition) is 6. The van der Waals surface area contributed by atoms with E-state index in [1.54, 1.807) is 6.92 Å². The van der Waals surface area contributed by atoms with Gasteiger partial charge in [-0.3, -0.25) is 0 Å². The fourth-order valence-corrected chi connectivity index (χ4v) is 4.60.